The van der Waals surface area contributed by atoms with E-state index in [1.165, 1.54) is 0 Å². The number of phenolic OH excluding ortho intramolecular Hbond substituents is 1. The lowest BCUT2D eigenvalue weighted by molar-refractivity contribution is 0.481. The molecule has 1 aromatic heterocycles. The van der Waals surface area contributed by atoms with Crippen LogP contribution in [0, 0.1) is 6.92 Å². The number of aryl methyl sites for hydroxylation is 1. The first-order valence-electron chi connectivity index (χ1n) is 3.55. The molecule has 0 fully saturated rings. The second kappa shape index (κ2) is 2.75. The molecule has 0 saturated carbocycles. The van der Waals surface area contributed by atoms with E-state index in [9.17, 15) is 5.11 Å². The monoisotopic (exact) mass is 242 g/mol. The average molecular weight is 243 g/mol. The Morgan fingerprint density at radius 1 is 1.42 bits per heavy atom. The summed E-state index contributed by atoms with van der Waals surface area (Å²) in [4.78, 5) is 0. The molecule has 0 atom stereocenters. The third-order valence-electron chi connectivity index (χ3n) is 1.84. The molecular weight excluding hydrogens is 236 g/mol. The molecule has 0 aliphatic carbocycles. The van der Waals surface area contributed by atoms with Crippen LogP contribution in [0.5, 0.6) is 5.75 Å². The smallest absolute Gasteiger partial charge is 0.124 e. The Hall–Kier alpha value is -0.540. The van der Waals surface area contributed by atoms with Crippen molar-refractivity contribution in [3.05, 3.63) is 27.5 Å². The van der Waals surface area contributed by atoms with Gasteiger partial charge in [-0.3, -0.25) is 0 Å². The van der Waals surface area contributed by atoms with E-state index in [-0.39, 0.29) is 0 Å². The second-order valence-corrected chi connectivity index (χ2v) is 4.42. The fraction of sp³-hybridized carbons (Fsp3) is 0.111. The van der Waals surface area contributed by atoms with E-state index in [4.69, 9.17) is 0 Å². The minimum Gasteiger partial charge on any atom is -0.507 e. The van der Waals surface area contributed by atoms with Gasteiger partial charge in [0.15, 0.2) is 0 Å². The fourth-order valence-electron chi connectivity index (χ4n) is 1.25. The van der Waals surface area contributed by atoms with E-state index in [2.05, 4.69) is 21.3 Å². The lowest BCUT2D eigenvalue weighted by atomic mass is 10.2. The number of halogens is 1. The molecule has 3 heteroatoms. The van der Waals surface area contributed by atoms with Crippen LogP contribution in [0.15, 0.2) is 22.0 Å². The summed E-state index contributed by atoms with van der Waals surface area (Å²) >= 11 is 5.09. The topological polar surface area (TPSA) is 20.2 Å². The van der Waals surface area contributed by atoms with Crippen molar-refractivity contribution >= 4 is 37.4 Å². The van der Waals surface area contributed by atoms with Crippen molar-refractivity contribution in [2.24, 2.45) is 0 Å². The van der Waals surface area contributed by atoms with Crippen LogP contribution in [-0.2, 0) is 0 Å². The molecule has 0 aliphatic rings. The zero-order chi connectivity index (χ0) is 8.72. The number of hydrogen-bond acceptors (Lipinski definition) is 2. The zero-order valence-electron chi connectivity index (χ0n) is 6.47. The van der Waals surface area contributed by atoms with Crippen LogP contribution in [0.4, 0.5) is 0 Å². The maximum atomic E-state index is 9.55. The molecule has 1 nitrogen and oxygen atoms in total. The quantitative estimate of drug-likeness (QED) is 0.748. The first-order chi connectivity index (χ1) is 5.70. The van der Waals surface area contributed by atoms with Gasteiger partial charge in [0.05, 0.1) is 4.70 Å². The highest BCUT2D eigenvalue weighted by Crippen LogP contribution is 2.37. The molecule has 1 heterocycles. The van der Waals surface area contributed by atoms with E-state index in [0.717, 1.165) is 20.1 Å². The van der Waals surface area contributed by atoms with Gasteiger partial charge in [0.25, 0.3) is 0 Å². The Morgan fingerprint density at radius 3 is 2.83 bits per heavy atom. The third-order valence-corrected chi connectivity index (χ3v) is 3.89. The number of benzene rings is 1. The van der Waals surface area contributed by atoms with Crippen LogP contribution in [0.2, 0.25) is 0 Å². The Bertz CT molecular complexity index is 433. The van der Waals surface area contributed by atoms with E-state index in [0.29, 0.717) is 5.75 Å². The van der Waals surface area contributed by atoms with Gasteiger partial charge in [0.1, 0.15) is 5.75 Å². The molecule has 62 valence electrons. The molecule has 0 saturated heterocycles. The summed E-state index contributed by atoms with van der Waals surface area (Å²) in [5.74, 6) is 0.368. The molecule has 12 heavy (non-hydrogen) atoms. The molecule has 1 N–H and O–H groups in total. The molecule has 0 aliphatic heterocycles. The highest BCUT2D eigenvalue weighted by Gasteiger charge is 2.07. The summed E-state index contributed by atoms with van der Waals surface area (Å²) in [6.45, 7) is 2.00. The Kier molecular flexibility index (Phi) is 1.85. The van der Waals surface area contributed by atoms with E-state index in [1.807, 2.05) is 13.0 Å². The largest absolute Gasteiger partial charge is 0.507 e. The maximum absolute atomic E-state index is 9.55. The van der Waals surface area contributed by atoms with Crippen LogP contribution >= 0.6 is 27.3 Å². The van der Waals surface area contributed by atoms with Crippen LogP contribution < -0.4 is 0 Å². The van der Waals surface area contributed by atoms with Crippen molar-refractivity contribution in [2.45, 2.75) is 6.92 Å². The van der Waals surface area contributed by atoms with Crippen molar-refractivity contribution in [1.82, 2.24) is 0 Å². The molecule has 0 unspecified atom stereocenters. The van der Waals surface area contributed by atoms with E-state index < -0.39 is 0 Å². The van der Waals surface area contributed by atoms with Crippen LogP contribution in [0.1, 0.15) is 5.56 Å². The molecule has 0 radical (unpaired) electrons. The van der Waals surface area contributed by atoms with Gasteiger partial charge in [-0.25, -0.2) is 0 Å². The van der Waals surface area contributed by atoms with Crippen LogP contribution in [0.3, 0.4) is 0 Å². The van der Waals surface area contributed by atoms with Crippen LogP contribution in [-0.4, -0.2) is 5.11 Å². The van der Waals surface area contributed by atoms with E-state index in [1.54, 1.807) is 17.4 Å². The number of thiophene rings is 1. The molecule has 0 amide bonds. The summed E-state index contributed by atoms with van der Waals surface area (Å²) in [6, 6.07) is 3.58. The van der Waals surface area contributed by atoms with Crippen molar-refractivity contribution in [1.29, 1.82) is 0 Å². The first kappa shape index (κ1) is 8.08. The van der Waals surface area contributed by atoms with Gasteiger partial charge in [-0.05, 0) is 45.9 Å². The number of rotatable bonds is 0. The van der Waals surface area contributed by atoms with E-state index >= 15 is 0 Å². The normalized spacial score (nSPS) is 10.8. The average Bonchev–Trinajstić information content (AvgIpc) is 2.42. The summed E-state index contributed by atoms with van der Waals surface area (Å²) in [5, 5.41) is 12.6. The number of fused-ring (bicyclic) bond motifs is 1. The van der Waals surface area contributed by atoms with Crippen molar-refractivity contribution < 1.29 is 5.11 Å². The minimum atomic E-state index is 0.368. The molecule has 2 aromatic rings. The second-order valence-electron chi connectivity index (χ2n) is 2.69. The van der Waals surface area contributed by atoms with Gasteiger partial charge in [-0.2, -0.15) is 0 Å². The zero-order valence-corrected chi connectivity index (χ0v) is 8.87. The Morgan fingerprint density at radius 2 is 2.17 bits per heavy atom. The predicted octanol–water partition coefficient (Wildman–Crippen LogP) is 3.68. The van der Waals surface area contributed by atoms with Crippen molar-refractivity contribution in [2.75, 3.05) is 0 Å². The van der Waals surface area contributed by atoms with Crippen molar-refractivity contribution in [3.63, 3.8) is 0 Å². The highest BCUT2D eigenvalue weighted by molar-refractivity contribution is 9.10. The van der Waals surface area contributed by atoms with Gasteiger partial charge >= 0.3 is 0 Å². The highest BCUT2D eigenvalue weighted by atomic mass is 79.9. The lowest BCUT2D eigenvalue weighted by Gasteiger charge is -1.97. The van der Waals surface area contributed by atoms with Gasteiger partial charge < -0.3 is 5.11 Å². The number of aromatic hydroxyl groups is 1. The lowest BCUT2D eigenvalue weighted by Crippen LogP contribution is -1.71. The summed E-state index contributed by atoms with van der Waals surface area (Å²) < 4.78 is 2.17. The SMILES string of the molecule is Cc1csc2c(Br)ccc(O)c12. The predicted molar refractivity (Wildman–Crippen MR) is 55.9 cm³/mol. The Balaban J connectivity index is 2.98. The summed E-state index contributed by atoms with van der Waals surface area (Å²) in [6.07, 6.45) is 0. The standard InChI is InChI=1S/C9H7BrOS/c1-5-4-12-9-6(10)2-3-7(11)8(5)9/h2-4,11H,1H3. The molecule has 2 rings (SSSR count). The molecular formula is C9H7BrOS. The van der Waals surface area contributed by atoms with Crippen molar-refractivity contribution in [3.8, 4) is 5.75 Å². The fourth-order valence-corrected chi connectivity index (χ4v) is 2.84. The Labute approximate surface area is 82.8 Å². The van der Waals surface area contributed by atoms with Gasteiger partial charge in [-0.15, -0.1) is 11.3 Å². The third kappa shape index (κ3) is 1.04. The van der Waals surface area contributed by atoms with Gasteiger partial charge in [0, 0.05) is 9.86 Å². The number of hydrogen-bond donors (Lipinski definition) is 1. The first-order valence-corrected chi connectivity index (χ1v) is 5.22. The van der Waals surface area contributed by atoms with Gasteiger partial charge in [-0.1, -0.05) is 0 Å². The van der Waals surface area contributed by atoms with Gasteiger partial charge in [0.2, 0.25) is 0 Å². The maximum Gasteiger partial charge on any atom is 0.124 e. The summed E-state index contributed by atoms with van der Waals surface area (Å²) in [5.41, 5.74) is 1.13. The molecule has 0 bridgehead atoms. The number of phenols is 1. The van der Waals surface area contributed by atoms with Crippen LogP contribution in [0.25, 0.3) is 10.1 Å². The molecule has 0 spiro atoms. The summed E-state index contributed by atoms with van der Waals surface area (Å²) in [7, 11) is 0. The molecule has 1 aromatic carbocycles. The minimum absolute atomic E-state index is 0.368.